The summed E-state index contributed by atoms with van der Waals surface area (Å²) >= 11 is 6.06. The van der Waals surface area contributed by atoms with E-state index in [2.05, 4.69) is 23.5 Å². The van der Waals surface area contributed by atoms with Gasteiger partial charge in [-0.15, -0.1) is 0 Å². The van der Waals surface area contributed by atoms with Crippen LogP contribution in [0.15, 0.2) is 24.3 Å². The molecule has 0 spiro atoms. The average molecular weight is 277 g/mol. The highest BCUT2D eigenvalue weighted by Gasteiger charge is 2.55. The summed E-state index contributed by atoms with van der Waals surface area (Å²) in [6.07, 6.45) is 7.57. The molecular formula is C17H23ClN+. The lowest BCUT2D eigenvalue weighted by molar-refractivity contribution is -0.711. The largest absolute Gasteiger partial charge is 0.340 e. The zero-order chi connectivity index (χ0) is 12.8. The van der Waals surface area contributed by atoms with Crippen LogP contribution in [0.3, 0.4) is 0 Å². The first-order valence-corrected chi connectivity index (χ1v) is 8.27. The molecule has 0 aromatic heterocycles. The summed E-state index contributed by atoms with van der Waals surface area (Å²) in [5.41, 5.74) is 1.37. The summed E-state index contributed by atoms with van der Waals surface area (Å²) in [6.45, 7) is 1.10. The highest BCUT2D eigenvalue weighted by Crippen LogP contribution is 2.57. The third-order valence-electron chi connectivity index (χ3n) is 6.03. The number of hydrogen-bond acceptors (Lipinski definition) is 0. The summed E-state index contributed by atoms with van der Waals surface area (Å²) in [6, 6.07) is 9.24. The molecule has 1 aromatic rings. The molecule has 0 unspecified atom stereocenters. The van der Waals surface area contributed by atoms with Crippen molar-refractivity contribution in [2.24, 2.45) is 23.7 Å². The lowest BCUT2D eigenvalue weighted by atomic mass is 9.79. The first-order chi connectivity index (χ1) is 9.31. The Balaban J connectivity index is 1.40. The quantitative estimate of drug-likeness (QED) is 0.873. The van der Waals surface area contributed by atoms with Gasteiger partial charge in [-0.1, -0.05) is 30.2 Å². The predicted octanol–water partition coefficient (Wildman–Crippen LogP) is 3.23. The third-order valence-corrected chi connectivity index (χ3v) is 6.26. The van der Waals surface area contributed by atoms with E-state index in [0.717, 1.165) is 41.3 Å². The van der Waals surface area contributed by atoms with E-state index in [-0.39, 0.29) is 0 Å². The molecule has 19 heavy (non-hydrogen) atoms. The molecule has 3 fully saturated rings. The van der Waals surface area contributed by atoms with Crippen molar-refractivity contribution < 1.29 is 5.32 Å². The van der Waals surface area contributed by atoms with Gasteiger partial charge >= 0.3 is 0 Å². The number of quaternary nitrogens is 1. The molecule has 102 valence electrons. The van der Waals surface area contributed by atoms with Crippen LogP contribution in [0.5, 0.6) is 0 Å². The molecule has 1 aromatic carbocycles. The van der Waals surface area contributed by atoms with Gasteiger partial charge in [0, 0.05) is 22.9 Å². The second-order valence-corrected chi connectivity index (χ2v) is 7.32. The van der Waals surface area contributed by atoms with E-state index in [1.165, 1.54) is 37.7 Å². The van der Waals surface area contributed by atoms with Crippen LogP contribution in [0.25, 0.3) is 0 Å². The van der Waals surface area contributed by atoms with E-state index in [9.17, 15) is 0 Å². The molecule has 2 bridgehead atoms. The maximum atomic E-state index is 6.06. The van der Waals surface area contributed by atoms with Crippen LogP contribution in [0.2, 0.25) is 5.02 Å². The predicted molar refractivity (Wildman–Crippen MR) is 77.9 cm³/mol. The van der Waals surface area contributed by atoms with Crippen LogP contribution in [-0.4, -0.2) is 6.04 Å². The Bertz CT molecular complexity index is 472. The Labute approximate surface area is 120 Å². The van der Waals surface area contributed by atoms with Crippen LogP contribution in [0, 0.1) is 23.7 Å². The van der Waals surface area contributed by atoms with Crippen LogP contribution in [0.4, 0.5) is 0 Å². The van der Waals surface area contributed by atoms with Gasteiger partial charge in [-0.2, -0.15) is 0 Å². The van der Waals surface area contributed by atoms with Gasteiger partial charge in [-0.25, -0.2) is 0 Å². The van der Waals surface area contributed by atoms with Gasteiger partial charge in [0.1, 0.15) is 6.54 Å². The zero-order valence-corrected chi connectivity index (χ0v) is 12.2. The van der Waals surface area contributed by atoms with Gasteiger partial charge in [-0.05, 0) is 49.1 Å². The molecular weight excluding hydrogens is 254 g/mol. The summed E-state index contributed by atoms with van der Waals surface area (Å²) in [5.74, 6) is 4.29. The summed E-state index contributed by atoms with van der Waals surface area (Å²) < 4.78 is 0. The smallest absolute Gasteiger partial charge is 0.101 e. The van der Waals surface area contributed by atoms with Crippen molar-refractivity contribution in [1.29, 1.82) is 0 Å². The molecule has 0 heterocycles. The molecule has 1 nitrogen and oxygen atoms in total. The number of fused-ring (bicyclic) bond motifs is 5. The first kappa shape index (κ1) is 12.2. The highest BCUT2D eigenvalue weighted by molar-refractivity contribution is 6.30. The Morgan fingerprint density at radius 3 is 2.89 bits per heavy atom. The molecule has 2 heteroatoms. The Hall–Kier alpha value is -0.530. The molecule has 3 saturated carbocycles. The van der Waals surface area contributed by atoms with Crippen molar-refractivity contribution in [2.45, 2.75) is 44.7 Å². The fourth-order valence-electron chi connectivity index (χ4n) is 5.34. The molecule has 0 amide bonds. The lowest BCUT2D eigenvalue weighted by Crippen LogP contribution is -2.90. The van der Waals surface area contributed by atoms with Crippen molar-refractivity contribution in [3.8, 4) is 0 Å². The maximum Gasteiger partial charge on any atom is 0.101 e. The molecule has 2 N–H and O–H groups in total. The van der Waals surface area contributed by atoms with Crippen LogP contribution < -0.4 is 5.32 Å². The highest BCUT2D eigenvalue weighted by atomic mass is 35.5. The van der Waals surface area contributed by atoms with Crippen molar-refractivity contribution in [3.63, 3.8) is 0 Å². The molecule has 4 rings (SSSR count). The average Bonchev–Trinajstić information content (AvgIpc) is 3.08. The Kier molecular flexibility index (Phi) is 3.08. The summed E-state index contributed by atoms with van der Waals surface area (Å²) in [4.78, 5) is 0. The first-order valence-electron chi connectivity index (χ1n) is 7.89. The second kappa shape index (κ2) is 4.79. The molecule has 0 radical (unpaired) electrons. The minimum absolute atomic E-state index is 0.870. The maximum absolute atomic E-state index is 6.06. The fraction of sp³-hybridized carbons (Fsp3) is 0.647. The second-order valence-electron chi connectivity index (χ2n) is 6.89. The number of hydrogen-bond donors (Lipinski definition) is 1. The Morgan fingerprint density at radius 1 is 1.11 bits per heavy atom. The Morgan fingerprint density at radius 2 is 2.00 bits per heavy atom. The summed E-state index contributed by atoms with van der Waals surface area (Å²) in [7, 11) is 0. The molecule has 3 aliphatic carbocycles. The number of rotatable bonds is 3. The standard InChI is InChI=1S/C17H22ClN/c18-13-4-1-3-11(7-13)10-19-17-9-12-8-16(17)15-6-2-5-14(12)15/h1,3-4,7,12,14-17,19H,2,5-6,8-10H2/p+1/t12-,14-,15+,16-,17+/m1/s1. The van der Waals surface area contributed by atoms with E-state index in [4.69, 9.17) is 11.6 Å². The fourth-order valence-corrected chi connectivity index (χ4v) is 5.56. The minimum atomic E-state index is 0.870. The van der Waals surface area contributed by atoms with Crippen LogP contribution in [-0.2, 0) is 6.54 Å². The zero-order valence-electron chi connectivity index (χ0n) is 11.4. The topological polar surface area (TPSA) is 16.6 Å². The number of halogens is 1. The normalized spacial score (nSPS) is 39.7. The van der Waals surface area contributed by atoms with E-state index in [1.54, 1.807) is 0 Å². The lowest BCUT2D eigenvalue weighted by Gasteiger charge is -2.30. The van der Waals surface area contributed by atoms with Gasteiger partial charge in [-0.3, -0.25) is 0 Å². The van der Waals surface area contributed by atoms with Crippen LogP contribution in [0.1, 0.15) is 37.7 Å². The molecule has 0 saturated heterocycles. The van der Waals surface area contributed by atoms with Gasteiger partial charge in [0.2, 0.25) is 0 Å². The van der Waals surface area contributed by atoms with Crippen molar-refractivity contribution in [3.05, 3.63) is 34.9 Å². The van der Waals surface area contributed by atoms with Gasteiger partial charge < -0.3 is 5.32 Å². The molecule has 5 atom stereocenters. The van der Waals surface area contributed by atoms with Gasteiger partial charge in [0.15, 0.2) is 0 Å². The van der Waals surface area contributed by atoms with E-state index in [1.807, 2.05) is 6.07 Å². The number of nitrogens with two attached hydrogens (primary N) is 1. The number of benzene rings is 1. The monoisotopic (exact) mass is 276 g/mol. The van der Waals surface area contributed by atoms with E-state index in [0.29, 0.717) is 0 Å². The van der Waals surface area contributed by atoms with Crippen molar-refractivity contribution in [1.82, 2.24) is 0 Å². The van der Waals surface area contributed by atoms with Gasteiger partial charge in [0.25, 0.3) is 0 Å². The third kappa shape index (κ3) is 2.11. The van der Waals surface area contributed by atoms with Crippen LogP contribution >= 0.6 is 11.6 Å². The van der Waals surface area contributed by atoms with E-state index < -0.39 is 0 Å². The molecule has 0 aliphatic heterocycles. The van der Waals surface area contributed by atoms with Crippen molar-refractivity contribution in [2.75, 3.05) is 0 Å². The SMILES string of the molecule is Clc1cccc(C[NH2+][C@H]2C[C@H]3C[C@@H]2[C@H]2CCC[C@H]32)c1. The van der Waals surface area contributed by atoms with Crippen molar-refractivity contribution >= 4 is 11.6 Å². The van der Waals surface area contributed by atoms with Gasteiger partial charge in [0.05, 0.1) is 6.04 Å². The molecule has 3 aliphatic rings. The summed E-state index contributed by atoms with van der Waals surface area (Å²) in [5, 5.41) is 3.47. The minimum Gasteiger partial charge on any atom is -0.340 e. The van der Waals surface area contributed by atoms with E-state index >= 15 is 0 Å².